The summed E-state index contributed by atoms with van der Waals surface area (Å²) >= 11 is 3.30. The Bertz CT molecular complexity index is 605. The van der Waals surface area contributed by atoms with Gasteiger partial charge in [-0.2, -0.15) is 5.26 Å². The lowest BCUT2D eigenvalue weighted by atomic mass is 10.2. The number of nitriles is 1. The molecule has 1 aromatic carbocycles. The minimum atomic E-state index is -0.263. The molecule has 0 fully saturated rings. The van der Waals surface area contributed by atoms with Gasteiger partial charge in [0.25, 0.3) is 0 Å². The van der Waals surface area contributed by atoms with Crippen molar-refractivity contribution in [2.45, 2.75) is 19.5 Å². The third kappa shape index (κ3) is 5.25. The van der Waals surface area contributed by atoms with E-state index < -0.39 is 0 Å². The molecular weight excluding hydrogens is 333 g/mol. The fourth-order valence-corrected chi connectivity index (χ4v) is 2.65. The van der Waals surface area contributed by atoms with Gasteiger partial charge < -0.3 is 0 Å². The van der Waals surface area contributed by atoms with Crippen molar-refractivity contribution in [1.29, 1.82) is 5.26 Å². The van der Waals surface area contributed by atoms with Gasteiger partial charge in [0.1, 0.15) is 5.82 Å². The van der Waals surface area contributed by atoms with Crippen LogP contribution in [0.5, 0.6) is 0 Å². The van der Waals surface area contributed by atoms with E-state index in [9.17, 15) is 4.39 Å². The van der Waals surface area contributed by atoms with Gasteiger partial charge in [0.15, 0.2) is 0 Å². The van der Waals surface area contributed by atoms with Crippen LogP contribution in [-0.2, 0) is 13.1 Å². The highest BCUT2D eigenvalue weighted by Gasteiger charge is 2.09. The van der Waals surface area contributed by atoms with Crippen molar-refractivity contribution in [3.63, 3.8) is 0 Å². The van der Waals surface area contributed by atoms with Gasteiger partial charge in [0, 0.05) is 42.9 Å². The molecule has 0 aliphatic rings. The van der Waals surface area contributed by atoms with E-state index in [-0.39, 0.29) is 5.82 Å². The number of rotatable bonds is 6. The average molecular weight is 348 g/mol. The van der Waals surface area contributed by atoms with Crippen LogP contribution in [-0.4, -0.2) is 16.4 Å². The van der Waals surface area contributed by atoms with Crippen LogP contribution in [0.1, 0.15) is 17.5 Å². The molecule has 2 aromatic rings. The van der Waals surface area contributed by atoms with E-state index in [1.54, 1.807) is 12.4 Å². The van der Waals surface area contributed by atoms with Gasteiger partial charge in [-0.05, 0) is 35.4 Å². The van der Waals surface area contributed by atoms with E-state index in [0.29, 0.717) is 26.1 Å². The van der Waals surface area contributed by atoms with Crippen molar-refractivity contribution in [3.8, 4) is 6.07 Å². The Labute approximate surface area is 132 Å². The molecule has 5 heteroatoms. The molecule has 0 radical (unpaired) electrons. The number of nitrogens with zero attached hydrogens (tertiary/aromatic N) is 3. The third-order valence-electron chi connectivity index (χ3n) is 3.00. The predicted octanol–water partition coefficient (Wildman–Crippen LogP) is 3.90. The Morgan fingerprint density at radius 3 is 2.71 bits per heavy atom. The zero-order valence-corrected chi connectivity index (χ0v) is 13.1. The van der Waals surface area contributed by atoms with Crippen molar-refractivity contribution in [1.82, 2.24) is 9.88 Å². The van der Waals surface area contributed by atoms with Gasteiger partial charge in [-0.1, -0.05) is 22.0 Å². The Morgan fingerprint density at radius 1 is 1.24 bits per heavy atom. The van der Waals surface area contributed by atoms with E-state index in [2.05, 4.69) is 31.9 Å². The summed E-state index contributed by atoms with van der Waals surface area (Å²) in [6, 6.07) is 10.9. The summed E-state index contributed by atoms with van der Waals surface area (Å²) in [5.74, 6) is -0.263. The topological polar surface area (TPSA) is 39.9 Å². The highest BCUT2D eigenvalue weighted by atomic mass is 79.9. The van der Waals surface area contributed by atoms with E-state index in [1.165, 1.54) is 12.1 Å². The van der Waals surface area contributed by atoms with Crippen LogP contribution in [0.3, 0.4) is 0 Å². The molecule has 0 saturated carbocycles. The zero-order valence-electron chi connectivity index (χ0n) is 11.5. The molecule has 2 rings (SSSR count). The second kappa shape index (κ2) is 7.87. The number of aromatic nitrogens is 1. The molecule has 0 aliphatic heterocycles. The molecule has 1 aromatic heterocycles. The van der Waals surface area contributed by atoms with E-state index in [1.807, 2.05) is 18.2 Å². The first-order valence-corrected chi connectivity index (χ1v) is 7.40. The van der Waals surface area contributed by atoms with Gasteiger partial charge in [0.05, 0.1) is 6.07 Å². The SMILES string of the molecule is N#CCCN(Cc1cccnc1)Cc1cc(F)cc(Br)c1. The molecule has 0 spiro atoms. The normalized spacial score (nSPS) is 10.6. The van der Waals surface area contributed by atoms with Crippen LogP contribution < -0.4 is 0 Å². The summed E-state index contributed by atoms with van der Waals surface area (Å²) in [4.78, 5) is 6.21. The summed E-state index contributed by atoms with van der Waals surface area (Å²) in [6.07, 6.45) is 3.98. The average Bonchev–Trinajstić information content (AvgIpc) is 2.45. The van der Waals surface area contributed by atoms with Gasteiger partial charge in [-0.25, -0.2) is 4.39 Å². The monoisotopic (exact) mass is 347 g/mol. The Hall–Kier alpha value is -1.77. The molecule has 0 amide bonds. The van der Waals surface area contributed by atoms with Crippen LogP contribution in [0.15, 0.2) is 47.2 Å². The third-order valence-corrected chi connectivity index (χ3v) is 3.46. The van der Waals surface area contributed by atoms with Gasteiger partial charge in [0.2, 0.25) is 0 Å². The Balaban J connectivity index is 2.10. The zero-order chi connectivity index (χ0) is 15.1. The molecule has 0 bridgehead atoms. The second-order valence-corrected chi connectivity index (χ2v) is 5.67. The first kappa shape index (κ1) is 15.6. The van der Waals surface area contributed by atoms with Gasteiger partial charge >= 0.3 is 0 Å². The highest BCUT2D eigenvalue weighted by molar-refractivity contribution is 9.10. The maximum Gasteiger partial charge on any atom is 0.124 e. The van der Waals surface area contributed by atoms with Crippen LogP contribution in [0.4, 0.5) is 4.39 Å². The summed E-state index contributed by atoms with van der Waals surface area (Å²) in [5.41, 5.74) is 1.95. The number of hydrogen-bond donors (Lipinski definition) is 0. The Morgan fingerprint density at radius 2 is 2.05 bits per heavy atom. The fourth-order valence-electron chi connectivity index (χ4n) is 2.13. The van der Waals surface area contributed by atoms with Crippen molar-refractivity contribution in [2.75, 3.05) is 6.54 Å². The standard InChI is InChI=1S/C16H15BrFN3/c17-15-7-14(8-16(18)9-15)12-21(6-2-4-19)11-13-3-1-5-20-10-13/h1,3,5,7-10H,2,6,11-12H2. The number of halogens is 2. The maximum absolute atomic E-state index is 13.4. The van der Waals surface area contributed by atoms with Gasteiger partial charge in [-0.15, -0.1) is 0 Å². The van der Waals surface area contributed by atoms with E-state index in [0.717, 1.165) is 15.6 Å². The van der Waals surface area contributed by atoms with E-state index in [4.69, 9.17) is 5.26 Å². The maximum atomic E-state index is 13.4. The van der Waals surface area contributed by atoms with Crippen molar-refractivity contribution >= 4 is 15.9 Å². The fraction of sp³-hybridized carbons (Fsp3) is 0.250. The van der Waals surface area contributed by atoms with Crippen LogP contribution in [0.2, 0.25) is 0 Å². The molecule has 0 N–H and O–H groups in total. The Kier molecular flexibility index (Phi) is 5.85. The van der Waals surface area contributed by atoms with Crippen molar-refractivity contribution in [2.24, 2.45) is 0 Å². The number of pyridine rings is 1. The molecule has 21 heavy (non-hydrogen) atoms. The molecule has 0 unspecified atom stereocenters. The smallest absolute Gasteiger partial charge is 0.124 e. The first-order valence-electron chi connectivity index (χ1n) is 6.60. The molecule has 0 atom stereocenters. The molecule has 0 saturated heterocycles. The van der Waals surface area contributed by atoms with E-state index >= 15 is 0 Å². The van der Waals surface area contributed by atoms with Crippen LogP contribution in [0.25, 0.3) is 0 Å². The minimum absolute atomic E-state index is 0.263. The predicted molar refractivity (Wildman–Crippen MR) is 82.7 cm³/mol. The second-order valence-electron chi connectivity index (χ2n) is 4.76. The molecular formula is C16H15BrFN3. The minimum Gasteiger partial charge on any atom is -0.294 e. The molecule has 3 nitrogen and oxygen atoms in total. The molecule has 0 aliphatic carbocycles. The summed E-state index contributed by atoms with van der Waals surface area (Å²) in [5, 5.41) is 8.78. The summed E-state index contributed by atoms with van der Waals surface area (Å²) in [7, 11) is 0. The lowest BCUT2D eigenvalue weighted by Crippen LogP contribution is -2.24. The lowest BCUT2D eigenvalue weighted by Gasteiger charge is -2.21. The summed E-state index contributed by atoms with van der Waals surface area (Å²) < 4.78 is 14.2. The number of hydrogen-bond acceptors (Lipinski definition) is 3. The highest BCUT2D eigenvalue weighted by Crippen LogP contribution is 2.17. The van der Waals surface area contributed by atoms with Crippen molar-refractivity contribution < 1.29 is 4.39 Å². The van der Waals surface area contributed by atoms with Crippen LogP contribution >= 0.6 is 15.9 Å². The van der Waals surface area contributed by atoms with Crippen molar-refractivity contribution in [3.05, 3.63) is 64.1 Å². The molecule has 108 valence electrons. The largest absolute Gasteiger partial charge is 0.294 e. The number of benzene rings is 1. The summed E-state index contributed by atoms with van der Waals surface area (Å²) in [6.45, 7) is 1.91. The quantitative estimate of drug-likeness (QED) is 0.795. The molecule has 1 heterocycles. The van der Waals surface area contributed by atoms with Gasteiger partial charge in [-0.3, -0.25) is 9.88 Å². The van der Waals surface area contributed by atoms with Crippen LogP contribution in [0, 0.1) is 17.1 Å². The lowest BCUT2D eigenvalue weighted by molar-refractivity contribution is 0.262. The first-order chi connectivity index (χ1) is 10.2.